The fourth-order valence-electron chi connectivity index (χ4n) is 3.19. The largest absolute Gasteiger partial charge is 0.444 e. The molecule has 0 bridgehead atoms. The van der Waals surface area contributed by atoms with Crippen LogP contribution in [0.15, 0.2) is 12.3 Å². The molecule has 2 aromatic rings. The minimum absolute atomic E-state index is 0.0823. The van der Waals surface area contributed by atoms with Crippen molar-refractivity contribution in [2.24, 2.45) is 0 Å². The SMILES string of the molecule is C[C@H]1CN(c2cc(-c3cnc(N)nc3C(F)(F)F)nc(N3CCOCC3)n2)C(=O)O1. The first-order valence-electron chi connectivity index (χ1n) is 9.12. The summed E-state index contributed by atoms with van der Waals surface area (Å²) in [5, 5.41) is 0. The molecule has 0 aliphatic carbocycles. The van der Waals surface area contributed by atoms with Gasteiger partial charge in [-0.1, -0.05) is 0 Å². The molecule has 2 aliphatic heterocycles. The Labute approximate surface area is 168 Å². The number of nitrogens with two attached hydrogens (primary N) is 1. The third-order valence-corrected chi connectivity index (χ3v) is 4.59. The van der Waals surface area contributed by atoms with Crippen molar-refractivity contribution in [3.05, 3.63) is 18.0 Å². The van der Waals surface area contributed by atoms with E-state index in [1.807, 2.05) is 0 Å². The molecule has 30 heavy (non-hydrogen) atoms. The van der Waals surface area contributed by atoms with Crippen LogP contribution in [-0.2, 0) is 15.7 Å². The number of ether oxygens (including phenoxy) is 2. The van der Waals surface area contributed by atoms with E-state index in [-0.39, 0.29) is 35.7 Å². The highest BCUT2D eigenvalue weighted by Gasteiger charge is 2.38. The Bertz CT molecular complexity index is 966. The van der Waals surface area contributed by atoms with Crippen LogP contribution in [0.2, 0.25) is 0 Å². The smallest absolute Gasteiger partial charge is 0.434 e. The summed E-state index contributed by atoms with van der Waals surface area (Å²) in [4.78, 5) is 31.0. The van der Waals surface area contributed by atoms with Crippen LogP contribution in [0.5, 0.6) is 0 Å². The van der Waals surface area contributed by atoms with E-state index in [2.05, 4.69) is 19.9 Å². The second-order valence-electron chi connectivity index (χ2n) is 6.80. The Kier molecular flexibility index (Phi) is 5.05. The molecule has 0 spiro atoms. The molecule has 0 radical (unpaired) electrons. The van der Waals surface area contributed by atoms with E-state index in [4.69, 9.17) is 15.2 Å². The molecule has 2 aliphatic rings. The topological polar surface area (TPSA) is 120 Å². The highest BCUT2D eigenvalue weighted by atomic mass is 19.4. The quantitative estimate of drug-likeness (QED) is 0.784. The molecule has 2 fully saturated rings. The lowest BCUT2D eigenvalue weighted by Gasteiger charge is -2.28. The van der Waals surface area contributed by atoms with E-state index in [1.54, 1.807) is 11.8 Å². The number of nitrogen functional groups attached to an aromatic ring is 1. The van der Waals surface area contributed by atoms with Crippen molar-refractivity contribution in [1.29, 1.82) is 0 Å². The first-order valence-corrected chi connectivity index (χ1v) is 9.12. The zero-order chi connectivity index (χ0) is 21.5. The Morgan fingerprint density at radius 3 is 2.57 bits per heavy atom. The Balaban J connectivity index is 1.85. The molecule has 1 amide bonds. The molecule has 2 saturated heterocycles. The number of aromatic nitrogens is 4. The predicted octanol–water partition coefficient (Wildman–Crippen LogP) is 1.72. The highest BCUT2D eigenvalue weighted by molar-refractivity contribution is 5.89. The second-order valence-corrected chi connectivity index (χ2v) is 6.80. The van der Waals surface area contributed by atoms with E-state index >= 15 is 0 Å². The number of alkyl halides is 3. The molecule has 0 aromatic carbocycles. The first-order chi connectivity index (χ1) is 14.2. The van der Waals surface area contributed by atoms with Crippen LogP contribution in [0, 0.1) is 0 Å². The van der Waals surface area contributed by atoms with Crippen LogP contribution in [0.25, 0.3) is 11.3 Å². The summed E-state index contributed by atoms with van der Waals surface area (Å²) in [5.41, 5.74) is 3.70. The van der Waals surface area contributed by atoms with Gasteiger partial charge in [-0.15, -0.1) is 0 Å². The number of carbonyl (C=O) groups excluding carboxylic acids is 1. The van der Waals surface area contributed by atoms with Gasteiger partial charge in [0.2, 0.25) is 11.9 Å². The standard InChI is InChI=1S/C17H18F3N7O3/c1-9-8-27(16(28)30-9)12-6-11(23-15(24-12)26-2-4-29-5-3-26)10-7-22-14(21)25-13(10)17(18,19)20/h6-7,9H,2-5,8H2,1H3,(H2,21,22,25)/t9-/m0/s1. The van der Waals surface area contributed by atoms with Crippen LogP contribution >= 0.6 is 0 Å². The third-order valence-electron chi connectivity index (χ3n) is 4.59. The van der Waals surface area contributed by atoms with Crippen molar-refractivity contribution >= 4 is 23.8 Å². The predicted molar refractivity (Wildman–Crippen MR) is 98.8 cm³/mol. The fourth-order valence-corrected chi connectivity index (χ4v) is 3.19. The number of rotatable bonds is 3. The third kappa shape index (κ3) is 3.92. The molecule has 4 rings (SSSR count). The van der Waals surface area contributed by atoms with Gasteiger partial charge in [0, 0.05) is 30.9 Å². The summed E-state index contributed by atoms with van der Waals surface area (Å²) in [5.74, 6) is -0.213. The average molecular weight is 425 g/mol. The number of cyclic esters (lactones) is 1. The lowest BCUT2D eigenvalue weighted by atomic mass is 10.1. The molecule has 2 aromatic heterocycles. The van der Waals surface area contributed by atoms with Gasteiger partial charge in [-0.05, 0) is 6.92 Å². The van der Waals surface area contributed by atoms with Crippen LogP contribution < -0.4 is 15.5 Å². The number of hydrogen-bond acceptors (Lipinski definition) is 9. The van der Waals surface area contributed by atoms with Gasteiger partial charge in [0.15, 0.2) is 5.69 Å². The fraction of sp³-hybridized carbons (Fsp3) is 0.471. The Hall–Kier alpha value is -3.22. The first kappa shape index (κ1) is 20.1. The second kappa shape index (κ2) is 7.55. The zero-order valence-corrected chi connectivity index (χ0v) is 15.9. The number of halogens is 3. The lowest BCUT2D eigenvalue weighted by molar-refractivity contribution is -0.140. The van der Waals surface area contributed by atoms with Gasteiger partial charge < -0.3 is 20.1 Å². The molecule has 13 heteroatoms. The molecular formula is C17H18F3N7O3. The number of anilines is 3. The molecule has 4 heterocycles. The van der Waals surface area contributed by atoms with Crippen LogP contribution in [-0.4, -0.2) is 65.0 Å². The molecule has 1 atom stereocenters. The summed E-state index contributed by atoms with van der Waals surface area (Å²) < 4.78 is 51.2. The van der Waals surface area contributed by atoms with Crippen molar-refractivity contribution in [2.45, 2.75) is 19.2 Å². The maximum atomic E-state index is 13.6. The summed E-state index contributed by atoms with van der Waals surface area (Å²) >= 11 is 0. The lowest BCUT2D eigenvalue weighted by Crippen LogP contribution is -2.38. The van der Waals surface area contributed by atoms with E-state index in [1.165, 1.54) is 11.0 Å². The monoisotopic (exact) mass is 425 g/mol. The maximum Gasteiger partial charge on any atom is 0.434 e. The minimum Gasteiger partial charge on any atom is -0.444 e. The van der Waals surface area contributed by atoms with E-state index in [0.717, 1.165) is 6.20 Å². The van der Waals surface area contributed by atoms with Gasteiger partial charge in [0.1, 0.15) is 11.9 Å². The maximum absolute atomic E-state index is 13.6. The van der Waals surface area contributed by atoms with E-state index in [9.17, 15) is 18.0 Å². The molecule has 0 unspecified atom stereocenters. The number of carbonyl (C=O) groups is 1. The normalized spacial score (nSPS) is 19.9. The minimum atomic E-state index is -4.78. The van der Waals surface area contributed by atoms with Crippen molar-refractivity contribution < 1.29 is 27.4 Å². The average Bonchev–Trinajstić information content (AvgIpc) is 3.05. The van der Waals surface area contributed by atoms with Crippen molar-refractivity contribution in [3.63, 3.8) is 0 Å². The van der Waals surface area contributed by atoms with Crippen LogP contribution in [0.4, 0.5) is 35.7 Å². The van der Waals surface area contributed by atoms with Gasteiger partial charge in [-0.3, -0.25) is 4.90 Å². The van der Waals surface area contributed by atoms with Crippen molar-refractivity contribution in [3.8, 4) is 11.3 Å². The molecule has 0 saturated carbocycles. The molecule has 2 N–H and O–H groups in total. The van der Waals surface area contributed by atoms with Crippen LogP contribution in [0.3, 0.4) is 0 Å². The Morgan fingerprint density at radius 2 is 1.93 bits per heavy atom. The molecule has 10 nitrogen and oxygen atoms in total. The summed E-state index contributed by atoms with van der Waals surface area (Å²) in [6.45, 7) is 3.66. The van der Waals surface area contributed by atoms with Gasteiger partial charge in [0.25, 0.3) is 0 Å². The molecular weight excluding hydrogens is 407 g/mol. The van der Waals surface area contributed by atoms with Crippen molar-refractivity contribution in [2.75, 3.05) is 48.4 Å². The van der Waals surface area contributed by atoms with Gasteiger partial charge in [-0.2, -0.15) is 18.2 Å². The van der Waals surface area contributed by atoms with Gasteiger partial charge in [-0.25, -0.2) is 19.7 Å². The van der Waals surface area contributed by atoms with Crippen LogP contribution in [0.1, 0.15) is 12.6 Å². The number of hydrogen-bond donors (Lipinski definition) is 1. The summed E-state index contributed by atoms with van der Waals surface area (Å²) in [6, 6.07) is 1.29. The number of morpholine rings is 1. The van der Waals surface area contributed by atoms with Gasteiger partial charge in [0.05, 0.1) is 25.5 Å². The van der Waals surface area contributed by atoms with Crippen molar-refractivity contribution in [1.82, 2.24) is 19.9 Å². The van der Waals surface area contributed by atoms with E-state index in [0.29, 0.717) is 26.3 Å². The summed E-state index contributed by atoms with van der Waals surface area (Å²) in [6.07, 6.45) is -4.83. The number of amides is 1. The number of nitrogens with zero attached hydrogens (tertiary/aromatic N) is 6. The zero-order valence-electron chi connectivity index (χ0n) is 15.9. The molecule has 160 valence electrons. The Morgan fingerprint density at radius 1 is 1.20 bits per heavy atom. The van der Waals surface area contributed by atoms with Gasteiger partial charge >= 0.3 is 12.3 Å². The summed E-state index contributed by atoms with van der Waals surface area (Å²) in [7, 11) is 0. The highest BCUT2D eigenvalue weighted by Crippen LogP contribution is 2.36. The van der Waals surface area contributed by atoms with E-state index < -0.39 is 23.9 Å².